The van der Waals surface area contributed by atoms with E-state index in [1.165, 1.54) is 10.8 Å². The molecule has 0 saturated heterocycles. The average molecular weight is 282 g/mol. The average Bonchev–Trinajstić information content (AvgIpc) is 2.50. The highest BCUT2D eigenvalue weighted by Crippen LogP contribution is 2.21. The van der Waals surface area contributed by atoms with Crippen LogP contribution < -0.4 is 4.74 Å². The maximum atomic E-state index is 11.9. The van der Waals surface area contributed by atoms with Crippen LogP contribution in [0.4, 0.5) is 0 Å². The van der Waals surface area contributed by atoms with Gasteiger partial charge in [0.25, 0.3) is 0 Å². The van der Waals surface area contributed by atoms with Crippen LogP contribution in [0.15, 0.2) is 54.6 Å². The van der Waals surface area contributed by atoms with E-state index in [9.17, 15) is 4.79 Å². The first-order chi connectivity index (χ1) is 10.1. The number of fused-ring (bicyclic) bond motifs is 1. The van der Waals surface area contributed by atoms with E-state index >= 15 is 0 Å². The molecule has 110 valence electrons. The number of carbonyl (C=O) groups is 1. The largest absolute Gasteiger partial charge is 0.494 e. The molecule has 0 aliphatic heterocycles. The summed E-state index contributed by atoms with van der Waals surface area (Å²) in [6, 6.07) is 14.3. The first-order valence-electron chi connectivity index (χ1n) is 7.43. The molecule has 2 aromatic rings. The topological polar surface area (TPSA) is 26.3 Å². The maximum Gasteiger partial charge on any atom is 0.161 e. The summed E-state index contributed by atoms with van der Waals surface area (Å²) in [7, 11) is 0. The first kappa shape index (κ1) is 15.3. The quantitative estimate of drug-likeness (QED) is 0.683. The van der Waals surface area contributed by atoms with Crippen molar-refractivity contribution in [3.8, 4) is 5.75 Å². The zero-order valence-corrected chi connectivity index (χ0v) is 12.8. The Morgan fingerprint density at radius 2 is 1.90 bits per heavy atom. The van der Waals surface area contributed by atoms with Crippen molar-refractivity contribution in [1.29, 1.82) is 0 Å². The van der Waals surface area contributed by atoms with Crippen molar-refractivity contribution in [2.75, 3.05) is 6.61 Å². The molecule has 0 heterocycles. The number of carbonyl (C=O) groups excluding carboxylic acids is 1. The molecule has 0 N–H and O–H groups in total. The van der Waals surface area contributed by atoms with E-state index in [0.29, 0.717) is 12.2 Å². The number of rotatable bonds is 7. The van der Waals surface area contributed by atoms with Gasteiger partial charge in [0.05, 0.1) is 6.61 Å². The number of allylic oxidation sites excluding steroid dienone is 1. The van der Waals surface area contributed by atoms with Gasteiger partial charge in [-0.25, -0.2) is 0 Å². The van der Waals surface area contributed by atoms with Crippen LogP contribution in [-0.2, 0) is 4.79 Å². The molecule has 21 heavy (non-hydrogen) atoms. The third-order valence-corrected chi connectivity index (χ3v) is 3.74. The van der Waals surface area contributed by atoms with Crippen LogP contribution in [0.5, 0.6) is 5.75 Å². The molecular weight excluding hydrogens is 260 g/mol. The molecule has 0 aliphatic rings. The highest BCUT2D eigenvalue weighted by molar-refractivity contribution is 5.95. The predicted molar refractivity (Wildman–Crippen MR) is 87.7 cm³/mol. The molecule has 0 aliphatic carbocycles. The van der Waals surface area contributed by atoms with Crippen molar-refractivity contribution in [2.45, 2.75) is 26.7 Å². The molecular formula is C19H22O2. The molecule has 1 atom stereocenters. The van der Waals surface area contributed by atoms with Gasteiger partial charge in [-0.2, -0.15) is 0 Å². The van der Waals surface area contributed by atoms with Crippen molar-refractivity contribution in [3.63, 3.8) is 0 Å². The molecule has 2 heteroatoms. The van der Waals surface area contributed by atoms with Crippen molar-refractivity contribution in [2.24, 2.45) is 5.92 Å². The standard InChI is InChI=1S/C19H22O2/c1-4-15(19(20)14(2)3)11-12-21-18-10-9-16-7-5-6-8-17(16)13-18/h5-10,13,15H,2,4,11-12H2,1,3H3. The van der Waals surface area contributed by atoms with Crippen LogP contribution in [0.1, 0.15) is 26.7 Å². The molecule has 0 bridgehead atoms. The van der Waals surface area contributed by atoms with E-state index in [1.807, 2.05) is 31.2 Å². The van der Waals surface area contributed by atoms with Gasteiger partial charge in [-0.15, -0.1) is 0 Å². The normalized spacial score (nSPS) is 12.1. The zero-order valence-electron chi connectivity index (χ0n) is 12.8. The Kier molecular flexibility index (Phi) is 5.15. The van der Waals surface area contributed by atoms with Gasteiger partial charge in [-0.05, 0) is 48.2 Å². The summed E-state index contributed by atoms with van der Waals surface area (Å²) in [5, 5.41) is 2.37. The summed E-state index contributed by atoms with van der Waals surface area (Å²) in [5.74, 6) is 1.02. The van der Waals surface area contributed by atoms with Crippen LogP contribution in [0.3, 0.4) is 0 Å². The molecule has 2 aromatic carbocycles. The van der Waals surface area contributed by atoms with Crippen LogP contribution in [0.25, 0.3) is 10.8 Å². The van der Waals surface area contributed by atoms with Gasteiger partial charge in [0.1, 0.15) is 5.75 Å². The van der Waals surface area contributed by atoms with E-state index in [-0.39, 0.29) is 11.7 Å². The van der Waals surface area contributed by atoms with Crippen LogP contribution >= 0.6 is 0 Å². The third kappa shape index (κ3) is 3.94. The van der Waals surface area contributed by atoms with Gasteiger partial charge in [0, 0.05) is 5.92 Å². The summed E-state index contributed by atoms with van der Waals surface area (Å²) >= 11 is 0. The molecule has 2 rings (SSSR count). The fourth-order valence-electron chi connectivity index (χ4n) is 2.45. The maximum absolute atomic E-state index is 11.9. The molecule has 2 nitrogen and oxygen atoms in total. The number of hydrogen-bond donors (Lipinski definition) is 0. The van der Waals surface area contributed by atoms with E-state index < -0.39 is 0 Å². The lowest BCUT2D eigenvalue weighted by molar-refractivity contribution is -0.119. The Morgan fingerprint density at radius 1 is 1.19 bits per heavy atom. The van der Waals surface area contributed by atoms with Crippen LogP contribution in [0.2, 0.25) is 0 Å². The number of ether oxygens (including phenoxy) is 1. The first-order valence-corrected chi connectivity index (χ1v) is 7.43. The summed E-state index contributed by atoms with van der Waals surface area (Å²) in [6.07, 6.45) is 1.56. The number of Topliss-reactive ketones (excluding diaryl/α,β-unsaturated/α-hetero) is 1. The monoisotopic (exact) mass is 282 g/mol. The zero-order chi connectivity index (χ0) is 15.2. The Hall–Kier alpha value is -2.09. The van der Waals surface area contributed by atoms with Crippen LogP contribution in [0, 0.1) is 5.92 Å². The Balaban J connectivity index is 1.95. The van der Waals surface area contributed by atoms with Gasteiger partial charge in [0.15, 0.2) is 5.78 Å². The smallest absolute Gasteiger partial charge is 0.161 e. The molecule has 0 saturated carbocycles. The van der Waals surface area contributed by atoms with Crippen molar-refractivity contribution >= 4 is 16.6 Å². The van der Waals surface area contributed by atoms with Gasteiger partial charge < -0.3 is 4.74 Å². The third-order valence-electron chi connectivity index (χ3n) is 3.74. The Bertz CT molecular complexity index is 643. The summed E-state index contributed by atoms with van der Waals surface area (Å²) < 4.78 is 5.79. The SMILES string of the molecule is C=C(C)C(=O)C(CC)CCOc1ccc2ccccc2c1. The molecule has 0 spiro atoms. The van der Waals surface area contributed by atoms with Crippen molar-refractivity contribution in [1.82, 2.24) is 0 Å². The Labute approximate surface area is 126 Å². The second kappa shape index (κ2) is 7.07. The second-order valence-electron chi connectivity index (χ2n) is 5.40. The molecule has 0 amide bonds. The van der Waals surface area contributed by atoms with Crippen molar-refractivity contribution < 1.29 is 9.53 Å². The fraction of sp³-hybridized carbons (Fsp3) is 0.316. The van der Waals surface area contributed by atoms with E-state index in [1.54, 1.807) is 6.92 Å². The highest BCUT2D eigenvalue weighted by atomic mass is 16.5. The van der Waals surface area contributed by atoms with E-state index in [4.69, 9.17) is 4.74 Å². The van der Waals surface area contributed by atoms with Gasteiger partial charge >= 0.3 is 0 Å². The minimum Gasteiger partial charge on any atom is -0.494 e. The minimum absolute atomic E-state index is 0.0166. The Morgan fingerprint density at radius 3 is 2.57 bits per heavy atom. The number of benzene rings is 2. The highest BCUT2D eigenvalue weighted by Gasteiger charge is 2.16. The summed E-state index contributed by atoms with van der Waals surface area (Å²) in [6.45, 7) is 8.09. The van der Waals surface area contributed by atoms with Gasteiger partial charge in [-0.1, -0.05) is 43.8 Å². The molecule has 1 unspecified atom stereocenters. The van der Waals surface area contributed by atoms with Gasteiger partial charge in [-0.3, -0.25) is 4.79 Å². The lowest BCUT2D eigenvalue weighted by Gasteiger charge is -2.14. The lowest BCUT2D eigenvalue weighted by atomic mass is 9.94. The van der Waals surface area contributed by atoms with Crippen LogP contribution in [-0.4, -0.2) is 12.4 Å². The second-order valence-corrected chi connectivity index (χ2v) is 5.40. The van der Waals surface area contributed by atoms with E-state index in [0.717, 1.165) is 18.6 Å². The minimum atomic E-state index is 0.0166. The van der Waals surface area contributed by atoms with Gasteiger partial charge in [0.2, 0.25) is 0 Å². The van der Waals surface area contributed by atoms with E-state index in [2.05, 4.69) is 24.8 Å². The van der Waals surface area contributed by atoms with Crippen molar-refractivity contribution in [3.05, 3.63) is 54.6 Å². The molecule has 0 fully saturated rings. The molecule has 0 radical (unpaired) electrons. The molecule has 0 aromatic heterocycles. The predicted octanol–water partition coefficient (Wildman–Crippen LogP) is 4.78. The number of hydrogen-bond acceptors (Lipinski definition) is 2. The lowest BCUT2D eigenvalue weighted by Crippen LogP contribution is -2.17. The fourth-order valence-corrected chi connectivity index (χ4v) is 2.45. The summed E-state index contributed by atoms with van der Waals surface area (Å²) in [4.78, 5) is 11.9. The number of ketones is 1. The summed E-state index contributed by atoms with van der Waals surface area (Å²) in [5.41, 5.74) is 0.632.